The number of rotatable bonds is 8. The van der Waals surface area contributed by atoms with Gasteiger partial charge in [0.2, 0.25) is 0 Å². The zero-order valence-electron chi connectivity index (χ0n) is 11.6. The first-order valence-electron chi connectivity index (χ1n) is 5.92. The van der Waals surface area contributed by atoms with Gasteiger partial charge in [-0.15, -0.1) is 0 Å². The summed E-state index contributed by atoms with van der Waals surface area (Å²) in [6.45, 7) is 3.27. The van der Waals surface area contributed by atoms with Crippen molar-refractivity contribution in [2.24, 2.45) is 33.2 Å². The topological polar surface area (TPSA) is 224 Å². The van der Waals surface area contributed by atoms with E-state index in [9.17, 15) is 0 Å². The minimum absolute atomic E-state index is 0.136. The molecule has 0 aromatic rings. The maximum absolute atomic E-state index is 7.54. The van der Waals surface area contributed by atoms with Gasteiger partial charge in [-0.1, -0.05) is 13.8 Å². The van der Waals surface area contributed by atoms with Crippen LogP contribution in [0.3, 0.4) is 0 Å². The normalized spacial score (nSPS) is 17.1. The van der Waals surface area contributed by atoms with Crippen molar-refractivity contribution in [1.29, 1.82) is 21.6 Å². The summed E-state index contributed by atoms with van der Waals surface area (Å²) in [5, 5.41) is 37.9. The van der Waals surface area contributed by atoms with E-state index in [1.165, 1.54) is 0 Å². The molecular weight excluding hydrogens is 260 g/mol. The van der Waals surface area contributed by atoms with Crippen LogP contribution < -0.4 is 22.9 Å². The van der Waals surface area contributed by atoms with Crippen LogP contribution in [0.4, 0.5) is 0 Å². The largest absolute Gasteiger partial charge is 0.385 e. The van der Waals surface area contributed by atoms with Gasteiger partial charge in [0.25, 0.3) is 0 Å². The fourth-order valence-corrected chi connectivity index (χ4v) is 1.58. The van der Waals surface area contributed by atoms with Gasteiger partial charge in [0.05, 0.1) is 0 Å². The van der Waals surface area contributed by atoms with Crippen LogP contribution in [0, 0.1) is 21.6 Å². The Hall–Kier alpha value is -2.52. The highest BCUT2D eigenvalue weighted by Gasteiger charge is 2.41. The molecule has 10 heteroatoms. The van der Waals surface area contributed by atoms with E-state index in [0.717, 1.165) is 0 Å². The van der Waals surface area contributed by atoms with Gasteiger partial charge in [0, 0.05) is 0 Å². The maximum Gasteiger partial charge on any atom is 0.193 e. The van der Waals surface area contributed by atoms with E-state index in [1.807, 2.05) is 0 Å². The zero-order chi connectivity index (χ0) is 16.1. The number of hydrogen-bond donors (Lipinski definition) is 8. The molecule has 0 rings (SSSR count). The second kappa shape index (κ2) is 6.08. The van der Waals surface area contributed by atoms with Gasteiger partial charge in [-0.2, -0.15) is 10.2 Å². The first-order chi connectivity index (χ1) is 9.10. The zero-order valence-corrected chi connectivity index (χ0v) is 11.6. The highest BCUT2D eigenvalue weighted by Crippen LogP contribution is 2.22. The Morgan fingerprint density at radius 2 is 0.900 bits per heavy atom. The highest BCUT2D eigenvalue weighted by molar-refractivity contribution is 6.12. The van der Waals surface area contributed by atoms with Gasteiger partial charge in [0.15, 0.2) is 11.1 Å². The average molecular weight is 282 g/mol. The van der Waals surface area contributed by atoms with E-state index in [-0.39, 0.29) is 12.8 Å². The van der Waals surface area contributed by atoms with Gasteiger partial charge in [-0.3, -0.25) is 21.6 Å². The summed E-state index contributed by atoms with van der Waals surface area (Å²) >= 11 is 0. The third-order valence-corrected chi connectivity index (χ3v) is 3.20. The predicted octanol–water partition coefficient (Wildman–Crippen LogP) is -0.520. The lowest BCUT2D eigenvalue weighted by molar-refractivity contribution is 0.572. The number of nitrogens with zero attached hydrogens (tertiary/aromatic N) is 2. The Morgan fingerprint density at radius 3 is 1.00 bits per heavy atom. The van der Waals surface area contributed by atoms with Crippen molar-refractivity contribution in [3.05, 3.63) is 0 Å². The molecule has 0 spiro atoms. The van der Waals surface area contributed by atoms with Crippen molar-refractivity contribution < 1.29 is 0 Å². The third-order valence-electron chi connectivity index (χ3n) is 3.20. The molecule has 0 aliphatic carbocycles. The average Bonchev–Trinajstić information content (AvgIpc) is 2.33. The number of amidine groups is 4. The van der Waals surface area contributed by atoms with Gasteiger partial charge < -0.3 is 22.9 Å². The molecule has 0 aliphatic heterocycles. The van der Waals surface area contributed by atoms with E-state index >= 15 is 0 Å². The second-order valence-electron chi connectivity index (χ2n) is 4.28. The van der Waals surface area contributed by atoms with Crippen LogP contribution in [-0.2, 0) is 0 Å². The minimum atomic E-state index is -1.61. The Balaban J connectivity index is 5.95. The van der Waals surface area contributed by atoms with Crippen molar-refractivity contribution in [1.82, 2.24) is 0 Å². The summed E-state index contributed by atoms with van der Waals surface area (Å²) in [7, 11) is 0. The van der Waals surface area contributed by atoms with Crippen molar-refractivity contribution in [2.45, 2.75) is 37.8 Å². The number of azo groups is 1. The summed E-state index contributed by atoms with van der Waals surface area (Å²) in [6.07, 6.45) is 0.271. The number of nitrogens with one attached hydrogen (secondary N) is 4. The van der Waals surface area contributed by atoms with Crippen LogP contribution in [0.5, 0.6) is 0 Å². The van der Waals surface area contributed by atoms with E-state index in [4.69, 9.17) is 44.6 Å². The fraction of sp³-hybridized carbons (Fsp3) is 0.600. The van der Waals surface area contributed by atoms with Crippen LogP contribution in [0.2, 0.25) is 0 Å². The smallest absolute Gasteiger partial charge is 0.193 e. The molecule has 0 radical (unpaired) electrons. The molecule has 0 heterocycles. The van der Waals surface area contributed by atoms with Crippen LogP contribution in [0.25, 0.3) is 0 Å². The summed E-state index contributed by atoms with van der Waals surface area (Å²) in [5.74, 6) is -1.80. The maximum atomic E-state index is 7.54. The van der Waals surface area contributed by atoms with E-state index in [2.05, 4.69) is 10.2 Å². The van der Waals surface area contributed by atoms with Gasteiger partial charge in [-0.05, 0) is 12.8 Å². The third kappa shape index (κ3) is 2.73. The lowest BCUT2D eigenvalue weighted by Crippen LogP contribution is -2.54. The van der Waals surface area contributed by atoms with Gasteiger partial charge >= 0.3 is 0 Å². The molecule has 0 unspecified atom stereocenters. The van der Waals surface area contributed by atoms with E-state index in [1.54, 1.807) is 13.8 Å². The molecule has 10 nitrogen and oxygen atoms in total. The Morgan fingerprint density at radius 1 is 0.700 bits per heavy atom. The SMILES string of the molecule is CCC(N=NC(CC)(C(=N)N)C(=N)N)(C(=N)N)C(=N)N. The highest BCUT2D eigenvalue weighted by atomic mass is 15.3. The van der Waals surface area contributed by atoms with Crippen LogP contribution in [-0.4, -0.2) is 34.4 Å². The predicted molar refractivity (Wildman–Crippen MR) is 78.6 cm³/mol. The van der Waals surface area contributed by atoms with E-state index < -0.39 is 34.4 Å². The fourth-order valence-electron chi connectivity index (χ4n) is 1.58. The number of hydrogen-bond acceptors (Lipinski definition) is 6. The van der Waals surface area contributed by atoms with Crippen LogP contribution in [0.1, 0.15) is 26.7 Å². The summed E-state index contributed by atoms with van der Waals surface area (Å²) in [5.41, 5.74) is 18.6. The lowest BCUT2D eigenvalue weighted by Gasteiger charge is -2.28. The van der Waals surface area contributed by atoms with Crippen molar-refractivity contribution in [3.63, 3.8) is 0 Å². The minimum Gasteiger partial charge on any atom is -0.385 e. The van der Waals surface area contributed by atoms with Crippen LogP contribution in [0.15, 0.2) is 10.2 Å². The molecule has 12 N–H and O–H groups in total. The second-order valence-corrected chi connectivity index (χ2v) is 4.28. The first-order valence-corrected chi connectivity index (χ1v) is 5.92. The van der Waals surface area contributed by atoms with Crippen molar-refractivity contribution in [3.8, 4) is 0 Å². The Kier molecular flexibility index (Phi) is 5.32. The molecular formula is C10H22N10. The molecule has 0 aliphatic rings. The molecule has 20 heavy (non-hydrogen) atoms. The Bertz CT molecular complexity index is 393. The molecule has 0 aromatic heterocycles. The monoisotopic (exact) mass is 282 g/mol. The molecule has 0 saturated heterocycles. The molecule has 0 fully saturated rings. The molecule has 0 aromatic carbocycles. The van der Waals surface area contributed by atoms with Crippen molar-refractivity contribution >= 4 is 23.3 Å². The summed E-state index contributed by atoms with van der Waals surface area (Å²) in [6, 6.07) is 0. The molecule has 0 bridgehead atoms. The van der Waals surface area contributed by atoms with Gasteiger partial charge in [0.1, 0.15) is 23.3 Å². The molecule has 0 saturated carbocycles. The quantitative estimate of drug-likeness (QED) is 0.167. The molecule has 112 valence electrons. The summed E-state index contributed by atoms with van der Waals surface area (Å²) in [4.78, 5) is 0. The number of nitrogens with two attached hydrogens (primary N) is 4. The first kappa shape index (κ1) is 17.5. The molecule has 0 amide bonds. The summed E-state index contributed by atoms with van der Waals surface area (Å²) < 4.78 is 0. The van der Waals surface area contributed by atoms with Crippen molar-refractivity contribution in [2.75, 3.05) is 0 Å². The molecule has 0 atom stereocenters. The van der Waals surface area contributed by atoms with E-state index in [0.29, 0.717) is 0 Å². The van der Waals surface area contributed by atoms with Crippen LogP contribution >= 0.6 is 0 Å². The van der Waals surface area contributed by atoms with Gasteiger partial charge in [-0.25, -0.2) is 0 Å². The Labute approximate surface area is 117 Å². The lowest BCUT2D eigenvalue weighted by atomic mass is 9.93. The standard InChI is InChI=1S/C10H22N10/c1-3-9(5(11)12,6(13)14)19-20-10(4-2,7(15)16)8(17)18/h3-4H2,1-2H3,(H3,11,12)(H3,13,14)(H3,15,16)(H3,17,18).